The molecule has 0 saturated carbocycles. The van der Waals surface area contributed by atoms with Gasteiger partial charge in [0.15, 0.2) is 12.6 Å². The molecule has 6 unspecified atom stereocenters. The molecule has 8 nitrogen and oxygen atoms in total. The smallest absolute Gasteiger partial charge is 0.444 e. The second-order valence-electron chi connectivity index (χ2n) is 13.0. The largest absolute Gasteiger partial charge is 0.468 e. The topological polar surface area (TPSA) is 77.0 Å². The zero-order chi connectivity index (χ0) is 34.5. The Morgan fingerprint density at radius 1 is 0.776 bits per heavy atom. The highest BCUT2D eigenvalue weighted by molar-refractivity contribution is 5.84. The van der Waals surface area contributed by atoms with Crippen LogP contribution in [-0.2, 0) is 39.8 Å². The third kappa shape index (κ3) is 8.36. The van der Waals surface area contributed by atoms with Gasteiger partial charge in [-0.1, -0.05) is 107 Å². The monoisotopic (exact) mass is 683 g/mol. The van der Waals surface area contributed by atoms with Crippen LogP contribution in [0.3, 0.4) is 0 Å². The van der Waals surface area contributed by atoms with Gasteiger partial charge in [0.25, 0.3) is 5.90 Å². The molecule has 11 heteroatoms. The van der Waals surface area contributed by atoms with E-state index in [0.29, 0.717) is 19.6 Å². The molecule has 3 aliphatic rings. The fourth-order valence-corrected chi connectivity index (χ4v) is 6.68. The molecule has 11 atom stereocenters. The Kier molecular flexibility index (Phi) is 11.4. The minimum atomic E-state index is -4.81. The van der Waals surface area contributed by atoms with E-state index in [4.69, 9.17) is 33.2 Å². The summed E-state index contributed by atoms with van der Waals surface area (Å²) in [6.07, 6.45) is -9.30. The molecule has 0 spiro atoms. The summed E-state index contributed by atoms with van der Waals surface area (Å²) in [7, 11) is 0. The number of hydrogen-bond donors (Lipinski definition) is 0. The average molecular weight is 684 g/mol. The van der Waals surface area contributed by atoms with Crippen molar-refractivity contribution in [3.05, 3.63) is 102 Å². The van der Waals surface area contributed by atoms with Gasteiger partial charge in [-0.2, -0.15) is 13.2 Å². The van der Waals surface area contributed by atoms with E-state index in [0.717, 1.165) is 11.1 Å². The molecule has 3 aromatic carbocycles. The van der Waals surface area contributed by atoms with Crippen LogP contribution < -0.4 is 0 Å². The van der Waals surface area contributed by atoms with Crippen LogP contribution in [0.15, 0.2) is 96.0 Å². The molecule has 3 aromatic rings. The summed E-state index contributed by atoms with van der Waals surface area (Å²) in [6, 6.07) is 27.5. The Labute approximate surface area is 285 Å². The lowest BCUT2D eigenvalue weighted by Crippen LogP contribution is -2.61. The summed E-state index contributed by atoms with van der Waals surface area (Å²) >= 11 is 0. The fraction of sp³-hybridized carbons (Fsp3) is 0.500. The first-order valence-corrected chi connectivity index (χ1v) is 16.9. The molecule has 0 N–H and O–H groups in total. The predicted octanol–water partition coefficient (Wildman–Crippen LogP) is 8.15. The van der Waals surface area contributed by atoms with Crippen LogP contribution >= 0.6 is 0 Å². The third-order valence-corrected chi connectivity index (χ3v) is 9.63. The first-order valence-electron chi connectivity index (χ1n) is 16.9. The van der Waals surface area contributed by atoms with Gasteiger partial charge in [0.1, 0.15) is 12.2 Å². The van der Waals surface area contributed by atoms with Gasteiger partial charge in [0.05, 0.1) is 37.2 Å². The highest BCUT2D eigenvalue weighted by Crippen LogP contribution is 2.42. The summed E-state index contributed by atoms with van der Waals surface area (Å²) < 4.78 is 86.5. The number of nitrogens with zero attached hydrogens (tertiary/aromatic N) is 1. The molecule has 3 saturated heterocycles. The van der Waals surface area contributed by atoms with Gasteiger partial charge in [-0.3, -0.25) is 0 Å². The number of benzene rings is 3. The SMILES string of the molecule is CCC1OC(OC(=Nc2ccccc2)C(F)(F)F)C(C)[C@@H](C)[C@@H]1O[C@@H]1OC2COC(c3ccccc3)O[C@H]2[C@H](C)C1OCc1ccccc1. The Balaban J connectivity index is 1.20. The lowest BCUT2D eigenvalue weighted by molar-refractivity contribution is -0.375. The molecule has 3 heterocycles. The molecular formula is C38H44F3NO7. The molecule has 6 rings (SSSR count). The van der Waals surface area contributed by atoms with Crippen molar-refractivity contribution in [3.63, 3.8) is 0 Å². The van der Waals surface area contributed by atoms with Crippen LogP contribution in [0.25, 0.3) is 0 Å². The van der Waals surface area contributed by atoms with Gasteiger partial charge in [0, 0.05) is 17.4 Å². The number of para-hydroxylation sites is 1. The number of alkyl halides is 3. The minimum absolute atomic E-state index is 0.133. The second kappa shape index (κ2) is 15.7. The van der Waals surface area contributed by atoms with E-state index < -0.39 is 61.3 Å². The molecule has 0 radical (unpaired) electrons. The van der Waals surface area contributed by atoms with Gasteiger partial charge in [-0.05, 0) is 30.0 Å². The number of hydrogen-bond acceptors (Lipinski definition) is 8. The molecule has 3 aliphatic heterocycles. The number of halogens is 3. The summed E-state index contributed by atoms with van der Waals surface area (Å²) in [4.78, 5) is 3.77. The predicted molar refractivity (Wildman–Crippen MR) is 176 cm³/mol. The zero-order valence-electron chi connectivity index (χ0n) is 28.1. The maximum atomic E-state index is 14.1. The molecular weight excluding hydrogens is 639 g/mol. The Morgan fingerprint density at radius 2 is 1.43 bits per heavy atom. The first-order chi connectivity index (χ1) is 23.6. The van der Waals surface area contributed by atoms with Crippen LogP contribution in [0.4, 0.5) is 18.9 Å². The quantitative estimate of drug-likeness (QED) is 0.167. The normalized spacial score (nSPS) is 33.9. The van der Waals surface area contributed by atoms with Crippen molar-refractivity contribution in [2.45, 2.75) is 96.3 Å². The molecule has 0 aliphatic carbocycles. The van der Waals surface area contributed by atoms with E-state index in [1.165, 1.54) is 12.1 Å². The average Bonchev–Trinajstić information content (AvgIpc) is 3.11. The minimum Gasteiger partial charge on any atom is -0.444 e. The number of rotatable bonds is 9. The fourth-order valence-electron chi connectivity index (χ4n) is 6.68. The van der Waals surface area contributed by atoms with Crippen molar-refractivity contribution in [1.29, 1.82) is 0 Å². The molecule has 49 heavy (non-hydrogen) atoms. The van der Waals surface area contributed by atoms with E-state index in [1.54, 1.807) is 25.1 Å². The van der Waals surface area contributed by atoms with Crippen LogP contribution in [0.1, 0.15) is 51.5 Å². The number of ether oxygens (including phenoxy) is 7. The van der Waals surface area contributed by atoms with Gasteiger partial charge in [0.2, 0.25) is 6.29 Å². The van der Waals surface area contributed by atoms with Gasteiger partial charge >= 0.3 is 6.18 Å². The van der Waals surface area contributed by atoms with Crippen LogP contribution in [0, 0.1) is 17.8 Å². The van der Waals surface area contributed by atoms with Crippen molar-refractivity contribution in [2.24, 2.45) is 22.7 Å². The summed E-state index contributed by atoms with van der Waals surface area (Å²) in [5, 5.41) is 0. The van der Waals surface area contributed by atoms with Crippen LogP contribution in [-0.4, -0.2) is 61.8 Å². The first kappa shape index (κ1) is 35.5. The third-order valence-electron chi connectivity index (χ3n) is 9.63. The molecule has 0 aromatic heterocycles. The van der Waals surface area contributed by atoms with Crippen molar-refractivity contribution < 1.29 is 46.3 Å². The highest BCUT2D eigenvalue weighted by Gasteiger charge is 2.52. The van der Waals surface area contributed by atoms with Crippen molar-refractivity contribution >= 4 is 11.6 Å². The Morgan fingerprint density at radius 3 is 2.08 bits per heavy atom. The Hall–Kier alpha value is -3.32. The summed E-state index contributed by atoms with van der Waals surface area (Å²) in [5.41, 5.74) is 2.05. The molecule has 0 bridgehead atoms. The molecule has 264 valence electrons. The lowest BCUT2D eigenvalue weighted by atomic mass is 9.83. The van der Waals surface area contributed by atoms with Crippen molar-refractivity contribution in [2.75, 3.05) is 6.61 Å². The summed E-state index contributed by atoms with van der Waals surface area (Å²) in [5.74, 6) is -2.27. The summed E-state index contributed by atoms with van der Waals surface area (Å²) in [6.45, 7) is 8.32. The van der Waals surface area contributed by atoms with Crippen LogP contribution in [0.2, 0.25) is 0 Å². The van der Waals surface area contributed by atoms with Gasteiger partial charge < -0.3 is 33.2 Å². The van der Waals surface area contributed by atoms with Crippen molar-refractivity contribution in [3.8, 4) is 0 Å². The maximum Gasteiger partial charge on any atom is 0.468 e. The van der Waals surface area contributed by atoms with Crippen molar-refractivity contribution in [1.82, 2.24) is 0 Å². The number of aliphatic imine (C=N–C) groups is 1. The second-order valence-corrected chi connectivity index (χ2v) is 13.0. The van der Waals surface area contributed by atoms with Gasteiger partial charge in [-0.25, -0.2) is 4.99 Å². The van der Waals surface area contributed by atoms with E-state index in [1.807, 2.05) is 74.5 Å². The maximum absolute atomic E-state index is 14.1. The number of fused-ring (bicyclic) bond motifs is 1. The highest BCUT2D eigenvalue weighted by atomic mass is 19.4. The molecule has 0 amide bonds. The Bertz CT molecular complexity index is 1490. The lowest BCUT2D eigenvalue weighted by Gasteiger charge is -2.51. The van der Waals surface area contributed by atoms with Crippen LogP contribution in [0.5, 0.6) is 0 Å². The van der Waals surface area contributed by atoms with E-state index in [2.05, 4.69) is 11.9 Å². The van der Waals surface area contributed by atoms with E-state index in [9.17, 15) is 13.2 Å². The zero-order valence-corrected chi connectivity index (χ0v) is 28.1. The van der Waals surface area contributed by atoms with E-state index in [-0.39, 0.29) is 23.6 Å². The van der Waals surface area contributed by atoms with Gasteiger partial charge in [-0.15, -0.1) is 0 Å². The van der Waals surface area contributed by atoms with E-state index >= 15 is 0 Å². The molecule has 3 fully saturated rings. The standard InChI is InChI=1S/C38H44F3NO7/c1-5-29-31(23(2)24(3)34(45-29)49-37(38(39,40)41)42-28-19-13-8-14-20-28)48-36-33(43-21-26-15-9-6-10-16-26)25(4)32-30(46-36)22-44-35(47-32)27-17-11-7-12-18-27/h6-20,23-25,29-36H,5,21-22H2,1-4H3/t23-,24?,25+,29?,30?,31+,32+,33?,34?,35?,36+/m1/s1.